The average Bonchev–Trinajstić information content (AvgIpc) is 3.18. The Balaban J connectivity index is 1.74. The van der Waals surface area contributed by atoms with Gasteiger partial charge in [-0.15, -0.1) is 11.3 Å². The molecule has 0 saturated heterocycles. The molecule has 3 rings (SSSR count). The molecule has 1 aromatic carbocycles. The van der Waals surface area contributed by atoms with Crippen LogP contribution < -0.4 is 15.0 Å². The van der Waals surface area contributed by atoms with Crippen LogP contribution in [0.25, 0.3) is 6.08 Å². The third kappa shape index (κ3) is 5.06. The van der Waals surface area contributed by atoms with E-state index >= 15 is 0 Å². The number of hydrogen-bond acceptors (Lipinski definition) is 6. The van der Waals surface area contributed by atoms with Gasteiger partial charge in [0.25, 0.3) is 0 Å². The van der Waals surface area contributed by atoms with Gasteiger partial charge in [-0.3, -0.25) is 14.5 Å². The van der Waals surface area contributed by atoms with Crippen molar-refractivity contribution in [1.29, 1.82) is 0 Å². The van der Waals surface area contributed by atoms with E-state index in [0.717, 1.165) is 0 Å². The van der Waals surface area contributed by atoms with Gasteiger partial charge in [0.05, 0.1) is 18.0 Å². The minimum Gasteiger partial charge on any atom is -0.476 e. The van der Waals surface area contributed by atoms with Crippen LogP contribution in [0.2, 0.25) is 0 Å². The van der Waals surface area contributed by atoms with E-state index in [4.69, 9.17) is 4.74 Å². The Morgan fingerprint density at radius 2 is 2.07 bits per heavy atom. The summed E-state index contributed by atoms with van der Waals surface area (Å²) in [6.07, 6.45) is 4.39. The average molecular weight is 426 g/mol. The van der Waals surface area contributed by atoms with Crippen LogP contribution in [-0.4, -0.2) is 28.4 Å². The SMILES string of the molecule is CCOc1ncccc1NC(=O)C=Cc1csc(N(C(C)=O)c2ccccc2F)n1. The number of rotatable bonds is 7. The fourth-order valence-electron chi connectivity index (χ4n) is 2.57. The predicted molar refractivity (Wildman–Crippen MR) is 114 cm³/mol. The number of anilines is 3. The topological polar surface area (TPSA) is 84.4 Å². The second-order valence-corrected chi connectivity index (χ2v) is 6.81. The van der Waals surface area contributed by atoms with E-state index in [-0.39, 0.29) is 11.6 Å². The lowest BCUT2D eigenvalue weighted by Crippen LogP contribution is -2.23. The lowest BCUT2D eigenvalue weighted by Gasteiger charge is -2.18. The van der Waals surface area contributed by atoms with E-state index < -0.39 is 11.7 Å². The molecule has 0 unspecified atom stereocenters. The largest absolute Gasteiger partial charge is 0.476 e. The number of nitrogens with one attached hydrogen (secondary N) is 1. The summed E-state index contributed by atoms with van der Waals surface area (Å²) >= 11 is 1.17. The molecule has 2 heterocycles. The maximum Gasteiger partial charge on any atom is 0.248 e. The van der Waals surface area contributed by atoms with Crippen molar-refractivity contribution in [3.8, 4) is 5.88 Å². The maximum atomic E-state index is 14.1. The van der Waals surface area contributed by atoms with E-state index in [9.17, 15) is 14.0 Å². The molecule has 0 atom stereocenters. The minimum atomic E-state index is -0.527. The van der Waals surface area contributed by atoms with Gasteiger partial charge in [0.15, 0.2) is 5.13 Å². The molecule has 0 aliphatic carbocycles. The van der Waals surface area contributed by atoms with Gasteiger partial charge < -0.3 is 10.1 Å². The summed E-state index contributed by atoms with van der Waals surface area (Å²) in [6.45, 7) is 3.58. The normalized spacial score (nSPS) is 10.8. The summed E-state index contributed by atoms with van der Waals surface area (Å²) in [5, 5.41) is 4.67. The van der Waals surface area contributed by atoms with Gasteiger partial charge in [0.1, 0.15) is 11.5 Å². The second-order valence-electron chi connectivity index (χ2n) is 5.97. The summed E-state index contributed by atoms with van der Waals surface area (Å²) in [5.74, 6) is -0.959. The molecule has 0 aliphatic rings. The van der Waals surface area contributed by atoms with Gasteiger partial charge in [-0.1, -0.05) is 12.1 Å². The molecule has 154 valence electrons. The summed E-state index contributed by atoms with van der Waals surface area (Å²) < 4.78 is 19.5. The number of amides is 2. The van der Waals surface area contributed by atoms with Crippen molar-refractivity contribution in [3.05, 3.63) is 65.6 Å². The van der Waals surface area contributed by atoms with Crippen LogP contribution in [0.15, 0.2) is 54.1 Å². The molecule has 9 heteroatoms. The Morgan fingerprint density at radius 1 is 1.27 bits per heavy atom. The first kappa shape index (κ1) is 21.1. The molecular formula is C21H19FN4O3S. The van der Waals surface area contributed by atoms with E-state index in [0.29, 0.717) is 29.0 Å². The third-order valence-electron chi connectivity index (χ3n) is 3.82. The fraction of sp³-hybridized carbons (Fsp3) is 0.143. The van der Waals surface area contributed by atoms with Gasteiger partial charge in [-0.2, -0.15) is 0 Å². The van der Waals surface area contributed by atoms with E-state index in [1.165, 1.54) is 47.4 Å². The Bertz CT molecular complexity index is 1080. The van der Waals surface area contributed by atoms with Gasteiger partial charge in [0.2, 0.25) is 17.7 Å². The molecule has 0 saturated carbocycles. The van der Waals surface area contributed by atoms with Crippen molar-refractivity contribution in [1.82, 2.24) is 9.97 Å². The van der Waals surface area contributed by atoms with E-state index in [1.54, 1.807) is 35.8 Å². The first-order valence-electron chi connectivity index (χ1n) is 9.07. The van der Waals surface area contributed by atoms with Crippen LogP contribution in [0.5, 0.6) is 5.88 Å². The first-order chi connectivity index (χ1) is 14.5. The summed E-state index contributed by atoms with van der Waals surface area (Å²) in [5.41, 5.74) is 1.03. The Hall–Kier alpha value is -3.59. The molecular weight excluding hydrogens is 407 g/mol. The van der Waals surface area contributed by atoms with Gasteiger partial charge in [-0.25, -0.2) is 14.4 Å². The molecule has 2 aromatic heterocycles. The molecule has 30 heavy (non-hydrogen) atoms. The van der Waals surface area contributed by atoms with Gasteiger partial charge in [0, 0.05) is 24.6 Å². The van der Waals surface area contributed by atoms with Crippen molar-refractivity contribution in [3.63, 3.8) is 0 Å². The Morgan fingerprint density at radius 3 is 2.80 bits per heavy atom. The smallest absolute Gasteiger partial charge is 0.248 e. The fourth-order valence-corrected chi connectivity index (χ4v) is 3.42. The molecule has 0 aliphatic heterocycles. The Labute approximate surface area is 176 Å². The highest BCUT2D eigenvalue weighted by atomic mass is 32.1. The minimum absolute atomic E-state index is 0.118. The van der Waals surface area contributed by atoms with Crippen LogP contribution in [0.3, 0.4) is 0 Å². The van der Waals surface area contributed by atoms with Crippen molar-refractivity contribution < 1.29 is 18.7 Å². The molecule has 2 amide bonds. The lowest BCUT2D eigenvalue weighted by molar-refractivity contribution is -0.116. The van der Waals surface area contributed by atoms with Crippen molar-refractivity contribution in [2.24, 2.45) is 0 Å². The van der Waals surface area contributed by atoms with Crippen LogP contribution >= 0.6 is 11.3 Å². The number of benzene rings is 1. The van der Waals surface area contributed by atoms with Crippen molar-refractivity contribution >= 4 is 45.7 Å². The zero-order chi connectivity index (χ0) is 21.5. The number of hydrogen-bond donors (Lipinski definition) is 1. The van der Waals surface area contributed by atoms with Gasteiger partial charge in [-0.05, 0) is 37.3 Å². The highest BCUT2D eigenvalue weighted by molar-refractivity contribution is 7.14. The van der Waals surface area contributed by atoms with Crippen LogP contribution in [-0.2, 0) is 9.59 Å². The quantitative estimate of drug-likeness (QED) is 0.566. The number of carbonyl (C=O) groups is 2. The first-order valence-corrected chi connectivity index (χ1v) is 9.95. The summed E-state index contributed by atoms with van der Waals surface area (Å²) in [6, 6.07) is 9.34. The van der Waals surface area contributed by atoms with Crippen LogP contribution in [0.4, 0.5) is 20.9 Å². The number of thiazole rings is 1. The van der Waals surface area contributed by atoms with Crippen molar-refractivity contribution in [2.75, 3.05) is 16.8 Å². The summed E-state index contributed by atoms with van der Waals surface area (Å²) in [7, 11) is 0. The summed E-state index contributed by atoms with van der Waals surface area (Å²) in [4.78, 5) is 33.9. The second kappa shape index (κ2) is 9.75. The monoisotopic (exact) mass is 426 g/mol. The predicted octanol–water partition coefficient (Wildman–Crippen LogP) is 4.41. The van der Waals surface area contributed by atoms with E-state index in [2.05, 4.69) is 15.3 Å². The van der Waals surface area contributed by atoms with Crippen molar-refractivity contribution in [2.45, 2.75) is 13.8 Å². The molecule has 0 fully saturated rings. The van der Waals surface area contributed by atoms with E-state index in [1.807, 2.05) is 6.92 Å². The number of pyridine rings is 1. The number of aromatic nitrogens is 2. The van der Waals surface area contributed by atoms with Crippen LogP contribution in [0, 0.1) is 5.82 Å². The zero-order valence-electron chi connectivity index (χ0n) is 16.3. The number of nitrogens with zero attached hydrogens (tertiary/aromatic N) is 3. The molecule has 3 aromatic rings. The molecule has 0 radical (unpaired) electrons. The number of carbonyl (C=O) groups excluding carboxylic acids is 2. The highest BCUT2D eigenvalue weighted by Gasteiger charge is 2.20. The molecule has 1 N–H and O–H groups in total. The maximum absolute atomic E-state index is 14.1. The molecule has 7 nitrogen and oxygen atoms in total. The highest BCUT2D eigenvalue weighted by Crippen LogP contribution is 2.31. The molecule has 0 spiro atoms. The third-order valence-corrected chi connectivity index (χ3v) is 4.67. The van der Waals surface area contributed by atoms with Gasteiger partial charge >= 0.3 is 0 Å². The standard InChI is InChI=1S/C21H19FN4O3S/c1-3-29-20-17(8-6-12-23-20)25-19(28)11-10-15-13-30-21(24-15)26(14(2)27)18-9-5-4-7-16(18)22/h4-13H,3H2,1-2H3,(H,25,28). The van der Waals surface area contributed by atoms with Crippen LogP contribution in [0.1, 0.15) is 19.5 Å². The molecule has 0 bridgehead atoms. The number of ether oxygens (including phenoxy) is 1. The zero-order valence-corrected chi connectivity index (χ0v) is 17.1. The lowest BCUT2D eigenvalue weighted by atomic mass is 10.3. The number of halogens is 1. The Kier molecular flexibility index (Phi) is 6.87. The number of para-hydroxylation sites is 1.